The fraction of sp³-hybridized carbons (Fsp3) is 0.385. The van der Waals surface area contributed by atoms with Crippen molar-refractivity contribution >= 4 is 23.8 Å². The number of carbonyl (C=O) groups excluding carboxylic acids is 3. The van der Waals surface area contributed by atoms with E-state index < -0.39 is 17.4 Å². The van der Waals surface area contributed by atoms with Crippen LogP contribution in [0.1, 0.15) is 19.4 Å². The van der Waals surface area contributed by atoms with Crippen LogP contribution in [0, 0.1) is 0 Å². The third-order valence-corrected chi connectivity index (χ3v) is 3.19. The predicted molar refractivity (Wildman–Crippen MR) is 71.2 cm³/mol. The van der Waals surface area contributed by atoms with Gasteiger partial charge in [-0.1, -0.05) is 0 Å². The van der Waals surface area contributed by atoms with Crippen molar-refractivity contribution in [3.63, 3.8) is 0 Å². The number of nitrogens with zero attached hydrogens (tertiary/aromatic N) is 3. The highest BCUT2D eigenvalue weighted by molar-refractivity contribution is 6.08. The Morgan fingerprint density at radius 2 is 2.15 bits per heavy atom. The molecule has 106 valence electrons. The van der Waals surface area contributed by atoms with Gasteiger partial charge in [0.05, 0.1) is 6.20 Å². The van der Waals surface area contributed by atoms with E-state index in [1.807, 2.05) is 0 Å². The van der Waals surface area contributed by atoms with E-state index in [4.69, 9.17) is 0 Å². The number of hydrogen-bond acceptors (Lipinski definition) is 4. The zero-order valence-electron chi connectivity index (χ0n) is 11.6. The maximum absolute atomic E-state index is 12.2. The molecule has 3 amide bonds. The molecule has 0 aliphatic carbocycles. The molecular weight excluding hydrogens is 260 g/mol. The highest BCUT2D eigenvalue weighted by Gasteiger charge is 2.42. The molecule has 20 heavy (non-hydrogen) atoms. The fourth-order valence-electron chi connectivity index (χ4n) is 1.92. The van der Waals surface area contributed by atoms with Crippen molar-refractivity contribution in [1.82, 2.24) is 20.0 Å². The summed E-state index contributed by atoms with van der Waals surface area (Å²) in [6.07, 6.45) is 6.30. The zero-order valence-corrected chi connectivity index (χ0v) is 11.6. The van der Waals surface area contributed by atoms with Crippen molar-refractivity contribution in [2.75, 3.05) is 6.54 Å². The average molecular weight is 276 g/mol. The monoisotopic (exact) mass is 276 g/mol. The Morgan fingerprint density at radius 1 is 1.45 bits per heavy atom. The van der Waals surface area contributed by atoms with Gasteiger partial charge in [-0.05, 0) is 19.9 Å². The van der Waals surface area contributed by atoms with Crippen LogP contribution < -0.4 is 5.32 Å². The maximum Gasteiger partial charge on any atom is 0.252 e. The number of nitrogens with one attached hydrogen (secondary N) is 1. The van der Waals surface area contributed by atoms with Crippen LogP contribution in [0.2, 0.25) is 0 Å². The van der Waals surface area contributed by atoms with Gasteiger partial charge in [-0.25, -0.2) is 0 Å². The molecule has 0 unspecified atom stereocenters. The summed E-state index contributed by atoms with van der Waals surface area (Å²) in [4.78, 5) is 36.6. The van der Waals surface area contributed by atoms with Crippen LogP contribution in [-0.2, 0) is 21.4 Å². The molecule has 1 fully saturated rings. The zero-order chi connectivity index (χ0) is 14.9. The lowest BCUT2D eigenvalue weighted by Crippen LogP contribution is -2.65. The maximum atomic E-state index is 12.2. The molecule has 1 saturated heterocycles. The Balaban J connectivity index is 2.17. The predicted octanol–water partition coefficient (Wildman–Crippen LogP) is -0.303. The van der Waals surface area contributed by atoms with Crippen LogP contribution in [0.4, 0.5) is 0 Å². The molecule has 0 saturated carbocycles. The van der Waals surface area contributed by atoms with Crippen LogP contribution in [0.5, 0.6) is 0 Å². The smallest absolute Gasteiger partial charge is 0.252 e. The van der Waals surface area contributed by atoms with Crippen LogP contribution in [0.15, 0.2) is 18.5 Å². The molecule has 1 aliphatic rings. The molecular formula is C13H16N4O3. The first-order valence-electron chi connectivity index (χ1n) is 6.13. The molecule has 1 aliphatic heterocycles. The largest absolute Gasteiger partial charge is 0.316 e. The van der Waals surface area contributed by atoms with Gasteiger partial charge < -0.3 is 4.90 Å². The lowest BCUT2D eigenvalue weighted by molar-refractivity contribution is -0.153. The summed E-state index contributed by atoms with van der Waals surface area (Å²) in [5.41, 5.74) is -0.281. The van der Waals surface area contributed by atoms with E-state index in [1.165, 1.54) is 11.0 Å². The second-order valence-corrected chi connectivity index (χ2v) is 5.14. The molecule has 2 rings (SSSR count). The van der Waals surface area contributed by atoms with Crippen molar-refractivity contribution in [3.05, 3.63) is 24.0 Å². The molecule has 7 heteroatoms. The lowest BCUT2D eigenvalue weighted by Gasteiger charge is -2.39. The van der Waals surface area contributed by atoms with E-state index in [1.54, 1.807) is 44.0 Å². The molecule has 0 bridgehead atoms. The Labute approximate surface area is 116 Å². The molecule has 7 nitrogen and oxygen atoms in total. The molecule has 1 aromatic rings. The van der Waals surface area contributed by atoms with Gasteiger partial charge in [-0.3, -0.25) is 24.4 Å². The summed E-state index contributed by atoms with van der Waals surface area (Å²) >= 11 is 0. The third kappa shape index (κ3) is 2.61. The van der Waals surface area contributed by atoms with Gasteiger partial charge >= 0.3 is 0 Å². The number of imide groups is 1. The highest BCUT2D eigenvalue weighted by Crippen LogP contribution is 2.18. The standard InChI is InChI=1S/C13H16N4O3/c1-13(2)12(20)15-10(18)8-17(13)11(19)5-4-9-6-14-16(3)7-9/h4-7H,8H2,1-3H3,(H,15,18,20). The highest BCUT2D eigenvalue weighted by atomic mass is 16.2. The van der Waals surface area contributed by atoms with Gasteiger partial charge in [0.1, 0.15) is 12.1 Å². The second-order valence-electron chi connectivity index (χ2n) is 5.14. The number of hydrogen-bond donors (Lipinski definition) is 1. The summed E-state index contributed by atoms with van der Waals surface area (Å²) in [5.74, 6) is -1.34. The van der Waals surface area contributed by atoms with Crippen molar-refractivity contribution in [1.29, 1.82) is 0 Å². The van der Waals surface area contributed by atoms with Gasteiger partial charge in [-0.15, -0.1) is 0 Å². The Kier molecular flexibility index (Phi) is 3.44. The number of piperazine rings is 1. The van der Waals surface area contributed by atoms with E-state index in [0.29, 0.717) is 0 Å². The molecule has 1 N–H and O–H groups in total. The lowest BCUT2D eigenvalue weighted by atomic mass is 9.98. The van der Waals surface area contributed by atoms with Crippen LogP contribution >= 0.6 is 0 Å². The molecule has 0 spiro atoms. The Hall–Kier alpha value is -2.44. The molecule has 2 heterocycles. The van der Waals surface area contributed by atoms with E-state index >= 15 is 0 Å². The van der Waals surface area contributed by atoms with Crippen molar-refractivity contribution in [2.24, 2.45) is 7.05 Å². The number of rotatable bonds is 2. The van der Waals surface area contributed by atoms with E-state index in [9.17, 15) is 14.4 Å². The summed E-state index contributed by atoms with van der Waals surface area (Å²) in [6.45, 7) is 3.07. The minimum atomic E-state index is -1.05. The van der Waals surface area contributed by atoms with Crippen molar-refractivity contribution < 1.29 is 14.4 Å². The van der Waals surface area contributed by atoms with E-state index in [-0.39, 0.29) is 12.5 Å². The normalized spacial score (nSPS) is 18.4. The number of amides is 3. The third-order valence-electron chi connectivity index (χ3n) is 3.19. The molecule has 1 aromatic heterocycles. The molecule has 0 radical (unpaired) electrons. The quantitative estimate of drug-likeness (QED) is 0.593. The van der Waals surface area contributed by atoms with Crippen molar-refractivity contribution in [2.45, 2.75) is 19.4 Å². The van der Waals surface area contributed by atoms with E-state index in [0.717, 1.165) is 5.56 Å². The Morgan fingerprint density at radius 3 is 2.75 bits per heavy atom. The molecule has 0 aromatic carbocycles. The van der Waals surface area contributed by atoms with Crippen LogP contribution in [-0.4, -0.2) is 44.5 Å². The van der Waals surface area contributed by atoms with Gasteiger partial charge in [-0.2, -0.15) is 5.10 Å². The van der Waals surface area contributed by atoms with Gasteiger partial charge in [0.2, 0.25) is 11.8 Å². The number of aromatic nitrogens is 2. The van der Waals surface area contributed by atoms with Gasteiger partial charge in [0.15, 0.2) is 0 Å². The number of carbonyl (C=O) groups is 3. The van der Waals surface area contributed by atoms with Gasteiger partial charge in [0, 0.05) is 24.9 Å². The SMILES string of the molecule is Cn1cc(C=CC(=O)N2CC(=O)NC(=O)C2(C)C)cn1. The fourth-order valence-corrected chi connectivity index (χ4v) is 1.92. The minimum absolute atomic E-state index is 0.130. The number of aryl methyl sites for hydroxylation is 1. The first kappa shape index (κ1) is 14.0. The topological polar surface area (TPSA) is 84.3 Å². The van der Waals surface area contributed by atoms with Crippen LogP contribution in [0.25, 0.3) is 6.08 Å². The second kappa shape index (κ2) is 4.92. The van der Waals surface area contributed by atoms with Gasteiger partial charge in [0.25, 0.3) is 5.91 Å². The average Bonchev–Trinajstić information content (AvgIpc) is 2.77. The molecule has 0 atom stereocenters. The summed E-state index contributed by atoms with van der Waals surface area (Å²) in [7, 11) is 1.77. The minimum Gasteiger partial charge on any atom is -0.316 e. The van der Waals surface area contributed by atoms with E-state index in [2.05, 4.69) is 10.4 Å². The Bertz CT molecular complexity index is 601. The summed E-state index contributed by atoms with van der Waals surface area (Å²) in [6, 6.07) is 0. The summed E-state index contributed by atoms with van der Waals surface area (Å²) < 4.78 is 1.62. The first-order chi connectivity index (χ1) is 9.30. The van der Waals surface area contributed by atoms with Crippen molar-refractivity contribution in [3.8, 4) is 0 Å². The van der Waals surface area contributed by atoms with Crippen LogP contribution in [0.3, 0.4) is 0 Å². The summed E-state index contributed by atoms with van der Waals surface area (Å²) in [5, 5.41) is 6.20. The first-order valence-corrected chi connectivity index (χ1v) is 6.13.